The number of hydrogen-bond acceptors (Lipinski definition) is 3. The molecule has 0 aromatic heterocycles. The lowest BCUT2D eigenvalue weighted by Gasteiger charge is -2.57. The average Bonchev–Trinajstić information content (AvgIpc) is 2.87. The van der Waals surface area contributed by atoms with Gasteiger partial charge in [0.15, 0.2) is 0 Å². The lowest BCUT2D eigenvalue weighted by atomic mass is 9.53. The van der Waals surface area contributed by atoms with E-state index in [1.807, 2.05) is 11.9 Å². The molecule has 1 unspecified atom stereocenters. The molecule has 1 atom stereocenters. The van der Waals surface area contributed by atoms with Gasteiger partial charge in [0, 0.05) is 19.1 Å². The highest BCUT2D eigenvalue weighted by molar-refractivity contribution is 5.87. The van der Waals surface area contributed by atoms with Gasteiger partial charge >= 0.3 is 0 Å². The SMILES string of the molecule is CN1CCC(Nc2ccccc2NC23CC4CC(CC(C4)C2)C3)C1=O. The summed E-state index contributed by atoms with van der Waals surface area (Å²) in [5.41, 5.74) is 2.57. The maximum absolute atomic E-state index is 12.3. The topological polar surface area (TPSA) is 44.4 Å². The molecule has 0 spiro atoms. The molecule has 1 saturated heterocycles. The Hall–Kier alpha value is -1.71. The Bertz CT molecular complexity index is 650. The maximum Gasteiger partial charge on any atom is 0.244 e. The van der Waals surface area contributed by atoms with Crippen LogP contribution in [-0.2, 0) is 4.79 Å². The first-order valence-electron chi connectivity index (χ1n) is 9.99. The quantitative estimate of drug-likeness (QED) is 0.879. The number of anilines is 2. The number of rotatable bonds is 4. The third-order valence-electron chi connectivity index (χ3n) is 7.12. The van der Waals surface area contributed by atoms with E-state index < -0.39 is 0 Å². The molecule has 1 aliphatic heterocycles. The first-order valence-corrected chi connectivity index (χ1v) is 9.99. The van der Waals surface area contributed by atoms with Crippen LogP contribution in [0.2, 0.25) is 0 Å². The van der Waals surface area contributed by atoms with Crippen molar-refractivity contribution in [2.24, 2.45) is 17.8 Å². The summed E-state index contributed by atoms with van der Waals surface area (Å²) in [5.74, 6) is 3.02. The normalized spacial score (nSPS) is 39.1. The van der Waals surface area contributed by atoms with Crippen molar-refractivity contribution in [1.29, 1.82) is 0 Å². The Morgan fingerprint density at radius 2 is 1.60 bits per heavy atom. The zero-order chi connectivity index (χ0) is 17.0. The first kappa shape index (κ1) is 15.5. The number of likely N-dealkylation sites (N-methyl/N-ethyl adjacent to an activating group) is 1. The van der Waals surface area contributed by atoms with Crippen LogP contribution in [0.3, 0.4) is 0 Å². The van der Waals surface area contributed by atoms with Crippen molar-refractivity contribution in [3.8, 4) is 0 Å². The predicted molar refractivity (Wildman–Crippen MR) is 101 cm³/mol. The van der Waals surface area contributed by atoms with Crippen molar-refractivity contribution >= 4 is 17.3 Å². The number of benzene rings is 1. The second-order valence-corrected chi connectivity index (χ2v) is 9.11. The lowest BCUT2D eigenvalue weighted by Crippen LogP contribution is -2.54. The molecule has 1 heterocycles. The van der Waals surface area contributed by atoms with E-state index in [2.05, 4.69) is 34.9 Å². The van der Waals surface area contributed by atoms with Crippen LogP contribution >= 0.6 is 0 Å². The molecule has 1 amide bonds. The lowest BCUT2D eigenvalue weighted by molar-refractivity contribution is -0.127. The van der Waals surface area contributed by atoms with Crippen molar-refractivity contribution in [3.05, 3.63) is 24.3 Å². The van der Waals surface area contributed by atoms with E-state index in [0.29, 0.717) is 5.54 Å². The van der Waals surface area contributed by atoms with Crippen LogP contribution in [0.1, 0.15) is 44.9 Å². The summed E-state index contributed by atoms with van der Waals surface area (Å²) >= 11 is 0. The Morgan fingerprint density at radius 3 is 2.16 bits per heavy atom. The van der Waals surface area contributed by atoms with Crippen molar-refractivity contribution in [2.45, 2.75) is 56.5 Å². The van der Waals surface area contributed by atoms with E-state index in [4.69, 9.17) is 0 Å². The second kappa shape index (κ2) is 5.65. The van der Waals surface area contributed by atoms with Crippen molar-refractivity contribution in [2.75, 3.05) is 24.2 Å². The van der Waals surface area contributed by atoms with Gasteiger partial charge in [-0.15, -0.1) is 0 Å². The molecular weight excluding hydrogens is 310 g/mol. The van der Waals surface area contributed by atoms with Crippen LogP contribution in [0, 0.1) is 17.8 Å². The Balaban J connectivity index is 1.37. The minimum Gasteiger partial charge on any atom is -0.378 e. The van der Waals surface area contributed by atoms with Crippen LogP contribution in [-0.4, -0.2) is 36.0 Å². The number of hydrogen-bond donors (Lipinski definition) is 2. The summed E-state index contributed by atoms with van der Waals surface area (Å²) in [5, 5.41) is 7.49. The largest absolute Gasteiger partial charge is 0.378 e. The smallest absolute Gasteiger partial charge is 0.244 e. The van der Waals surface area contributed by atoms with Crippen LogP contribution < -0.4 is 10.6 Å². The summed E-state index contributed by atoms with van der Waals surface area (Å²) < 4.78 is 0. The fourth-order valence-electron chi connectivity index (χ4n) is 6.41. The number of carbonyl (C=O) groups excluding carboxylic acids is 1. The van der Waals surface area contributed by atoms with Crippen molar-refractivity contribution < 1.29 is 4.79 Å². The highest BCUT2D eigenvalue weighted by atomic mass is 16.2. The van der Waals surface area contributed by atoms with E-state index >= 15 is 0 Å². The third-order valence-corrected chi connectivity index (χ3v) is 7.12. The van der Waals surface area contributed by atoms with Crippen LogP contribution in [0.4, 0.5) is 11.4 Å². The molecule has 4 saturated carbocycles. The van der Waals surface area contributed by atoms with Crippen molar-refractivity contribution in [1.82, 2.24) is 4.90 Å². The number of para-hydroxylation sites is 2. The Morgan fingerprint density at radius 1 is 1.00 bits per heavy atom. The van der Waals surface area contributed by atoms with E-state index in [9.17, 15) is 4.79 Å². The van der Waals surface area contributed by atoms with Gasteiger partial charge in [-0.2, -0.15) is 0 Å². The summed E-state index contributed by atoms with van der Waals surface area (Å²) in [6.07, 6.45) is 9.27. The van der Waals surface area contributed by atoms with Gasteiger partial charge in [-0.1, -0.05) is 12.1 Å². The van der Waals surface area contributed by atoms with E-state index in [1.54, 1.807) is 0 Å². The molecule has 4 aliphatic carbocycles. The highest BCUT2D eigenvalue weighted by Crippen LogP contribution is 2.56. The standard InChI is InChI=1S/C21H29N3O/c1-24-7-6-19(20(24)25)22-17-4-2-3-5-18(17)23-21-11-14-8-15(12-21)10-16(9-14)13-21/h2-5,14-16,19,22-23H,6-13H2,1H3. The zero-order valence-electron chi connectivity index (χ0n) is 15.1. The molecular formula is C21H29N3O. The molecule has 1 aromatic carbocycles. The van der Waals surface area contributed by atoms with Gasteiger partial charge in [0.05, 0.1) is 11.4 Å². The van der Waals surface area contributed by atoms with Gasteiger partial charge in [-0.3, -0.25) is 4.79 Å². The third kappa shape index (κ3) is 2.70. The van der Waals surface area contributed by atoms with Crippen LogP contribution in [0.15, 0.2) is 24.3 Å². The molecule has 5 aliphatic rings. The van der Waals surface area contributed by atoms with Crippen LogP contribution in [0.25, 0.3) is 0 Å². The summed E-state index contributed by atoms with van der Waals surface area (Å²) in [7, 11) is 1.89. The Kier molecular flexibility index (Phi) is 3.51. The van der Waals surface area contributed by atoms with E-state index in [-0.39, 0.29) is 11.9 Å². The molecule has 0 radical (unpaired) electrons. The number of nitrogens with zero attached hydrogens (tertiary/aromatic N) is 1. The molecule has 4 nitrogen and oxygen atoms in total. The summed E-state index contributed by atoms with van der Waals surface area (Å²) in [6.45, 7) is 0.848. The van der Waals surface area contributed by atoms with Gasteiger partial charge in [0.25, 0.3) is 0 Å². The molecule has 4 bridgehead atoms. The molecule has 2 N–H and O–H groups in total. The maximum atomic E-state index is 12.3. The molecule has 1 aromatic rings. The van der Waals surface area contributed by atoms with Gasteiger partial charge in [-0.05, 0) is 74.8 Å². The number of amides is 1. The molecule has 4 heteroatoms. The fourth-order valence-corrected chi connectivity index (χ4v) is 6.41. The minimum absolute atomic E-state index is 0.0793. The molecule has 6 rings (SSSR count). The van der Waals surface area contributed by atoms with E-state index in [0.717, 1.165) is 36.4 Å². The van der Waals surface area contributed by atoms with Gasteiger partial charge in [0.2, 0.25) is 5.91 Å². The number of nitrogens with one attached hydrogen (secondary N) is 2. The fraction of sp³-hybridized carbons (Fsp3) is 0.667. The highest BCUT2D eigenvalue weighted by Gasteiger charge is 2.51. The minimum atomic E-state index is -0.0793. The summed E-state index contributed by atoms with van der Waals surface area (Å²) in [4.78, 5) is 14.1. The van der Waals surface area contributed by atoms with Gasteiger partial charge in [-0.25, -0.2) is 0 Å². The predicted octanol–water partition coefficient (Wildman–Crippen LogP) is 3.71. The molecule has 25 heavy (non-hydrogen) atoms. The van der Waals surface area contributed by atoms with Gasteiger partial charge < -0.3 is 15.5 Å². The first-order chi connectivity index (χ1) is 12.1. The summed E-state index contributed by atoms with van der Waals surface area (Å²) in [6, 6.07) is 8.40. The molecule has 5 fully saturated rings. The number of carbonyl (C=O) groups is 1. The molecule has 134 valence electrons. The Labute approximate surface area is 150 Å². The van der Waals surface area contributed by atoms with Crippen molar-refractivity contribution in [3.63, 3.8) is 0 Å². The average molecular weight is 339 g/mol. The van der Waals surface area contributed by atoms with E-state index in [1.165, 1.54) is 44.2 Å². The zero-order valence-corrected chi connectivity index (χ0v) is 15.1. The van der Waals surface area contributed by atoms with Crippen LogP contribution in [0.5, 0.6) is 0 Å². The number of likely N-dealkylation sites (tertiary alicyclic amines) is 1. The van der Waals surface area contributed by atoms with Gasteiger partial charge in [0.1, 0.15) is 6.04 Å². The monoisotopic (exact) mass is 339 g/mol. The second-order valence-electron chi connectivity index (χ2n) is 9.11.